The van der Waals surface area contributed by atoms with Crippen molar-refractivity contribution in [2.24, 2.45) is 0 Å². The molecule has 3 aromatic rings. The minimum atomic E-state index is -0.716. The van der Waals surface area contributed by atoms with Gasteiger partial charge in [-0.25, -0.2) is 14.2 Å². The van der Waals surface area contributed by atoms with E-state index in [4.69, 9.17) is 4.42 Å². The molecule has 0 aliphatic carbocycles. The lowest BCUT2D eigenvalue weighted by Gasteiger charge is -2.35. The van der Waals surface area contributed by atoms with Crippen molar-refractivity contribution in [2.45, 2.75) is 6.54 Å². The Morgan fingerprint density at radius 1 is 1.07 bits per heavy atom. The predicted molar refractivity (Wildman–Crippen MR) is 97.9 cm³/mol. The van der Waals surface area contributed by atoms with E-state index in [1.165, 1.54) is 24.3 Å². The van der Waals surface area contributed by atoms with Crippen LogP contribution in [0.15, 0.2) is 58.0 Å². The highest BCUT2D eigenvalue weighted by Crippen LogP contribution is 2.16. The standard InChI is InChI=1S/C19H18FN5O3/c20-15-3-1-14(2-4-15)18-22-25(19(27)28-18)13-17(26)24-11-9-23(10-12-24)16-5-7-21-8-6-16/h1-8H,9-13H2/p+1. The number of carbonyl (C=O) groups is 1. The van der Waals surface area contributed by atoms with Crippen LogP contribution in [0.5, 0.6) is 0 Å². The summed E-state index contributed by atoms with van der Waals surface area (Å²) < 4.78 is 19.1. The number of rotatable bonds is 4. The Kier molecular flexibility index (Phi) is 4.88. The molecule has 0 unspecified atom stereocenters. The van der Waals surface area contributed by atoms with E-state index in [9.17, 15) is 14.0 Å². The van der Waals surface area contributed by atoms with Gasteiger partial charge in [0.25, 0.3) is 0 Å². The zero-order chi connectivity index (χ0) is 19.5. The Bertz CT molecular complexity index is 1010. The minimum absolute atomic E-state index is 0.0588. The van der Waals surface area contributed by atoms with E-state index in [0.717, 1.165) is 10.4 Å². The van der Waals surface area contributed by atoms with Crippen LogP contribution in [0.4, 0.5) is 10.1 Å². The van der Waals surface area contributed by atoms with E-state index in [-0.39, 0.29) is 18.3 Å². The van der Waals surface area contributed by atoms with Gasteiger partial charge >= 0.3 is 5.76 Å². The van der Waals surface area contributed by atoms with Gasteiger partial charge in [0.05, 0.1) is 0 Å². The molecule has 1 fully saturated rings. The summed E-state index contributed by atoms with van der Waals surface area (Å²) in [6.07, 6.45) is 3.73. The molecule has 0 radical (unpaired) electrons. The number of hydrogen-bond acceptors (Lipinski definition) is 5. The number of nitrogens with zero attached hydrogens (tertiary/aromatic N) is 4. The van der Waals surface area contributed by atoms with E-state index >= 15 is 0 Å². The van der Waals surface area contributed by atoms with Crippen molar-refractivity contribution in [3.8, 4) is 11.5 Å². The first-order chi connectivity index (χ1) is 13.6. The molecule has 1 aliphatic heterocycles. The Balaban J connectivity index is 1.39. The molecule has 4 rings (SSSR count). The van der Waals surface area contributed by atoms with Crippen molar-refractivity contribution in [3.63, 3.8) is 0 Å². The molecular formula is C19H19FN5O3+. The van der Waals surface area contributed by atoms with E-state index < -0.39 is 11.6 Å². The van der Waals surface area contributed by atoms with E-state index in [2.05, 4.69) is 15.0 Å². The number of aromatic amines is 1. The average molecular weight is 384 g/mol. The van der Waals surface area contributed by atoms with Crippen molar-refractivity contribution in [1.82, 2.24) is 14.7 Å². The number of amides is 1. The predicted octanol–water partition coefficient (Wildman–Crippen LogP) is 0.805. The summed E-state index contributed by atoms with van der Waals surface area (Å²) in [7, 11) is 0. The normalized spacial score (nSPS) is 14.3. The van der Waals surface area contributed by atoms with E-state index in [1.807, 2.05) is 24.5 Å². The lowest BCUT2D eigenvalue weighted by Crippen LogP contribution is -2.50. The molecular weight excluding hydrogens is 365 g/mol. The van der Waals surface area contributed by atoms with Crippen LogP contribution in [-0.2, 0) is 11.3 Å². The van der Waals surface area contributed by atoms with Crippen LogP contribution in [0, 0.1) is 5.82 Å². The van der Waals surface area contributed by atoms with Crippen molar-refractivity contribution < 1.29 is 18.6 Å². The maximum absolute atomic E-state index is 13.0. The Morgan fingerprint density at radius 3 is 2.43 bits per heavy atom. The molecule has 144 valence electrons. The van der Waals surface area contributed by atoms with Gasteiger partial charge in [-0.1, -0.05) is 0 Å². The fourth-order valence-corrected chi connectivity index (χ4v) is 3.15. The second kappa shape index (κ2) is 7.63. The minimum Gasteiger partial charge on any atom is -0.388 e. The number of carbonyl (C=O) groups excluding carboxylic acids is 1. The fraction of sp³-hybridized carbons (Fsp3) is 0.263. The highest BCUT2D eigenvalue weighted by Gasteiger charge is 2.23. The Hall–Kier alpha value is -3.49. The fourth-order valence-electron chi connectivity index (χ4n) is 3.15. The summed E-state index contributed by atoms with van der Waals surface area (Å²) in [5, 5.41) is 4.06. The molecule has 8 nitrogen and oxygen atoms in total. The molecule has 0 bridgehead atoms. The summed E-state index contributed by atoms with van der Waals surface area (Å²) >= 11 is 0. The molecule has 0 spiro atoms. The first-order valence-corrected chi connectivity index (χ1v) is 8.93. The molecule has 1 amide bonds. The van der Waals surface area contributed by atoms with Gasteiger partial charge < -0.3 is 14.2 Å². The van der Waals surface area contributed by atoms with Gasteiger partial charge in [-0.3, -0.25) is 4.79 Å². The van der Waals surface area contributed by atoms with Gasteiger partial charge in [-0.05, 0) is 24.3 Å². The van der Waals surface area contributed by atoms with Gasteiger partial charge in [-0.15, -0.1) is 5.10 Å². The first-order valence-electron chi connectivity index (χ1n) is 8.93. The first kappa shape index (κ1) is 17.9. The zero-order valence-electron chi connectivity index (χ0n) is 15.0. The number of anilines is 1. The molecule has 28 heavy (non-hydrogen) atoms. The third kappa shape index (κ3) is 3.78. The maximum Gasteiger partial charge on any atom is 0.437 e. The maximum atomic E-state index is 13.0. The van der Waals surface area contributed by atoms with Gasteiger partial charge in [0, 0.05) is 49.6 Å². The van der Waals surface area contributed by atoms with Gasteiger partial charge in [0.1, 0.15) is 12.4 Å². The van der Waals surface area contributed by atoms with E-state index in [1.54, 1.807) is 4.90 Å². The number of H-pyrrole nitrogens is 1. The van der Waals surface area contributed by atoms with Crippen molar-refractivity contribution >= 4 is 11.6 Å². The number of benzene rings is 1. The SMILES string of the molecule is O=C(Cn1nc(-c2ccc(F)cc2)oc1=O)N1CCN(c2cc[nH+]cc2)CC1. The second-order valence-corrected chi connectivity index (χ2v) is 6.46. The van der Waals surface area contributed by atoms with E-state index in [0.29, 0.717) is 31.7 Å². The number of piperazine rings is 1. The largest absolute Gasteiger partial charge is 0.437 e. The average Bonchev–Trinajstić information content (AvgIpc) is 3.09. The second-order valence-electron chi connectivity index (χ2n) is 6.46. The molecule has 0 atom stereocenters. The molecule has 1 N–H and O–H groups in total. The summed E-state index contributed by atoms with van der Waals surface area (Å²) in [5.74, 6) is -1.24. The van der Waals surface area contributed by atoms with Crippen LogP contribution in [0.25, 0.3) is 11.5 Å². The number of nitrogens with one attached hydrogen (secondary N) is 1. The molecule has 0 saturated carbocycles. The molecule has 1 saturated heterocycles. The van der Waals surface area contributed by atoms with Crippen LogP contribution in [0.3, 0.4) is 0 Å². The quantitative estimate of drug-likeness (QED) is 0.664. The Morgan fingerprint density at radius 2 is 1.75 bits per heavy atom. The van der Waals surface area contributed by atoms with Crippen LogP contribution in [-0.4, -0.2) is 46.8 Å². The number of aromatic nitrogens is 3. The van der Waals surface area contributed by atoms with Gasteiger partial charge in [-0.2, -0.15) is 4.68 Å². The third-order valence-electron chi connectivity index (χ3n) is 4.68. The zero-order valence-corrected chi connectivity index (χ0v) is 15.0. The highest BCUT2D eigenvalue weighted by atomic mass is 19.1. The van der Waals surface area contributed by atoms with Crippen LogP contribution < -0.4 is 15.6 Å². The van der Waals surface area contributed by atoms with Gasteiger partial charge in [0.15, 0.2) is 12.4 Å². The van der Waals surface area contributed by atoms with Crippen molar-refractivity contribution in [1.29, 1.82) is 0 Å². The van der Waals surface area contributed by atoms with Crippen LogP contribution in [0.2, 0.25) is 0 Å². The summed E-state index contributed by atoms with van der Waals surface area (Å²) in [6.45, 7) is 2.36. The number of halogens is 1. The highest BCUT2D eigenvalue weighted by molar-refractivity contribution is 5.76. The number of hydrogen-bond donors (Lipinski definition) is 0. The monoisotopic (exact) mass is 384 g/mol. The Labute approximate surface area is 159 Å². The summed E-state index contributed by atoms with van der Waals surface area (Å²) in [5.41, 5.74) is 1.57. The molecule has 1 aliphatic rings. The topological polar surface area (TPSA) is 85.7 Å². The van der Waals surface area contributed by atoms with Crippen LogP contribution in [0.1, 0.15) is 0 Å². The summed E-state index contributed by atoms with van der Waals surface area (Å²) in [4.78, 5) is 31.5. The molecule has 3 heterocycles. The van der Waals surface area contributed by atoms with Gasteiger partial charge in [0.2, 0.25) is 11.8 Å². The van der Waals surface area contributed by atoms with Crippen molar-refractivity contribution in [3.05, 3.63) is 65.2 Å². The molecule has 1 aromatic carbocycles. The summed E-state index contributed by atoms with van der Waals surface area (Å²) in [6, 6.07) is 9.42. The smallest absolute Gasteiger partial charge is 0.388 e. The lowest BCUT2D eigenvalue weighted by atomic mass is 10.2. The third-order valence-corrected chi connectivity index (χ3v) is 4.68. The lowest BCUT2D eigenvalue weighted by molar-refractivity contribution is -0.377. The molecule has 9 heteroatoms. The van der Waals surface area contributed by atoms with Crippen molar-refractivity contribution in [2.75, 3.05) is 31.1 Å². The number of pyridine rings is 1. The molecule has 2 aromatic heterocycles. The van der Waals surface area contributed by atoms with Crippen LogP contribution >= 0.6 is 0 Å².